The minimum absolute atomic E-state index is 0.0156. The highest BCUT2D eigenvalue weighted by atomic mass is 28.4. The molecule has 1 amide bonds. The molecule has 8 heteroatoms. The molecule has 1 unspecified atom stereocenters. The topological polar surface area (TPSA) is 62.3 Å². The number of carbonyl (C=O) groups is 2. The quantitative estimate of drug-likeness (QED) is 0.0880. The summed E-state index contributed by atoms with van der Waals surface area (Å²) in [6.45, 7) is 18.1. The lowest BCUT2D eigenvalue weighted by Crippen LogP contribution is -2.55. The fourth-order valence-electron chi connectivity index (χ4n) is 6.95. The normalized spacial score (nSPS) is 19.3. The van der Waals surface area contributed by atoms with Crippen LogP contribution in [0.2, 0.25) is 18.1 Å². The van der Waals surface area contributed by atoms with Gasteiger partial charge in [-0.15, -0.1) is 0 Å². The van der Waals surface area contributed by atoms with Crippen molar-refractivity contribution in [2.75, 3.05) is 52.4 Å². The molecule has 3 aromatic rings. The zero-order valence-electron chi connectivity index (χ0n) is 30.4. The summed E-state index contributed by atoms with van der Waals surface area (Å²) < 4.78 is 12.3. The summed E-state index contributed by atoms with van der Waals surface area (Å²) in [5.74, 6) is -0.122. The maximum absolute atomic E-state index is 13.4. The van der Waals surface area contributed by atoms with Crippen molar-refractivity contribution in [3.63, 3.8) is 0 Å². The molecule has 2 aliphatic heterocycles. The van der Waals surface area contributed by atoms with E-state index in [0.29, 0.717) is 45.8 Å². The molecule has 0 radical (unpaired) electrons. The van der Waals surface area contributed by atoms with Crippen LogP contribution in [0.15, 0.2) is 103 Å². The first-order chi connectivity index (χ1) is 23.5. The first-order valence-corrected chi connectivity index (χ1v) is 20.8. The number of esters is 1. The van der Waals surface area contributed by atoms with Crippen LogP contribution in [-0.2, 0) is 24.3 Å². The largest absolute Gasteiger partial charge is 0.466 e. The number of rotatable bonds is 12. The standard InChI is InChI=1S/C41H55N3O4Si/c1-7-47-39(46)25-26-42-29-30-43(38(45)32-42)27-23-33-31-44(28-24-37(33)48-49(5,6)40(2,3)4)41(34-17-11-8-12-18-34,35-19-13-9-14-20-35)36-21-15-10-16-22-36/h8-23,37H,7,24-32H2,1-6H3/b33-23+. The van der Waals surface area contributed by atoms with Crippen LogP contribution in [0.4, 0.5) is 0 Å². The number of piperidine rings is 1. The van der Waals surface area contributed by atoms with E-state index in [0.717, 1.165) is 19.5 Å². The molecule has 0 spiro atoms. The molecule has 262 valence electrons. The van der Waals surface area contributed by atoms with Gasteiger partial charge in [-0.1, -0.05) is 118 Å². The molecule has 2 saturated heterocycles. The van der Waals surface area contributed by atoms with Crippen molar-refractivity contribution in [3.8, 4) is 0 Å². The van der Waals surface area contributed by atoms with E-state index in [2.05, 4.69) is 141 Å². The van der Waals surface area contributed by atoms with Crippen LogP contribution in [0.3, 0.4) is 0 Å². The van der Waals surface area contributed by atoms with Crippen molar-refractivity contribution in [1.82, 2.24) is 14.7 Å². The van der Waals surface area contributed by atoms with Crippen LogP contribution < -0.4 is 0 Å². The lowest BCUT2D eigenvalue weighted by atomic mass is 9.74. The second-order valence-corrected chi connectivity index (χ2v) is 19.6. The van der Waals surface area contributed by atoms with Crippen LogP contribution in [0.25, 0.3) is 0 Å². The Balaban J connectivity index is 1.48. The lowest BCUT2D eigenvalue weighted by Gasteiger charge is -2.50. The number of ether oxygens (including phenoxy) is 1. The molecule has 3 aromatic carbocycles. The van der Waals surface area contributed by atoms with Crippen molar-refractivity contribution in [2.24, 2.45) is 0 Å². The summed E-state index contributed by atoms with van der Waals surface area (Å²) in [5.41, 5.74) is 4.39. The van der Waals surface area contributed by atoms with Gasteiger partial charge in [0.15, 0.2) is 8.32 Å². The molecule has 0 aromatic heterocycles. The van der Waals surface area contributed by atoms with Gasteiger partial charge < -0.3 is 14.1 Å². The molecule has 2 fully saturated rings. The third-order valence-electron chi connectivity index (χ3n) is 10.6. The maximum Gasteiger partial charge on any atom is 0.307 e. The maximum atomic E-state index is 13.4. The van der Waals surface area contributed by atoms with Crippen LogP contribution in [0.1, 0.15) is 57.2 Å². The Morgan fingerprint density at radius 1 is 0.837 bits per heavy atom. The van der Waals surface area contributed by atoms with Gasteiger partial charge in [-0.3, -0.25) is 19.4 Å². The molecule has 2 heterocycles. The van der Waals surface area contributed by atoms with Crippen LogP contribution in [-0.4, -0.2) is 93.4 Å². The van der Waals surface area contributed by atoms with Gasteiger partial charge in [0, 0.05) is 39.3 Å². The van der Waals surface area contributed by atoms with E-state index in [1.165, 1.54) is 22.3 Å². The molecule has 0 bridgehead atoms. The molecule has 0 aliphatic carbocycles. The van der Waals surface area contributed by atoms with Crippen molar-refractivity contribution in [3.05, 3.63) is 119 Å². The van der Waals surface area contributed by atoms with Gasteiger partial charge in [0.2, 0.25) is 5.91 Å². The Hall–Kier alpha value is -3.56. The third-order valence-corrected chi connectivity index (χ3v) is 15.1. The molecule has 5 rings (SSSR count). The third kappa shape index (κ3) is 8.43. The summed E-state index contributed by atoms with van der Waals surface area (Å²) in [7, 11) is -2.09. The van der Waals surface area contributed by atoms with Crippen molar-refractivity contribution in [2.45, 2.75) is 70.3 Å². The molecule has 1 atom stereocenters. The van der Waals surface area contributed by atoms with E-state index in [4.69, 9.17) is 9.16 Å². The van der Waals surface area contributed by atoms with Crippen LogP contribution in [0, 0.1) is 0 Å². The number of nitrogens with zero attached hydrogens (tertiary/aromatic N) is 3. The second kappa shape index (κ2) is 16.0. The van der Waals surface area contributed by atoms with Gasteiger partial charge in [-0.05, 0) is 53.7 Å². The number of benzene rings is 3. The van der Waals surface area contributed by atoms with E-state index in [9.17, 15) is 9.59 Å². The highest BCUT2D eigenvalue weighted by Gasteiger charge is 2.46. The van der Waals surface area contributed by atoms with Gasteiger partial charge >= 0.3 is 5.97 Å². The Labute approximate surface area is 295 Å². The van der Waals surface area contributed by atoms with Crippen LogP contribution >= 0.6 is 0 Å². The van der Waals surface area contributed by atoms with E-state index in [1.807, 2.05) is 11.8 Å². The molecular weight excluding hydrogens is 627 g/mol. The number of piperazine rings is 1. The molecule has 0 N–H and O–H groups in total. The van der Waals surface area contributed by atoms with Gasteiger partial charge in [-0.2, -0.15) is 0 Å². The fraction of sp³-hybridized carbons (Fsp3) is 0.463. The number of hydrogen-bond acceptors (Lipinski definition) is 6. The average Bonchev–Trinajstić information content (AvgIpc) is 3.09. The summed E-state index contributed by atoms with van der Waals surface area (Å²) in [6.07, 6.45) is 3.43. The van der Waals surface area contributed by atoms with Crippen molar-refractivity contribution >= 4 is 20.2 Å². The highest BCUT2D eigenvalue weighted by Crippen LogP contribution is 2.45. The summed E-state index contributed by atoms with van der Waals surface area (Å²) in [4.78, 5) is 31.9. The van der Waals surface area contributed by atoms with E-state index in [1.54, 1.807) is 0 Å². The zero-order valence-corrected chi connectivity index (χ0v) is 31.4. The molecule has 2 aliphatic rings. The Kier molecular flexibility index (Phi) is 12.0. The average molecular weight is 682 g/mol. The second-order valence-electron chi connectivity index (χ2n) is 14.8. The summed E-state index contributed by atoms with van der Waals surface area (Å²) in [5, 5.41) is 0.0764. The van der Waals surface area contributed by atoms with Gasteiger partial charge in [0.25, 0.3) is 0 Å². The zero-order chi connectivity index (χ0) is 35.1. The van der Waals surface area contributed by atoms with E-state index < -0.39 is 13.9 Å². The number of likely N-dealkylation sites (tertiary alicyclic amines) is 1. The van der Waals surface area contributed by atoms with Gasteiger partial charge in [-0.25, -0.2) is 0 Å². The lowest BCUT2D eigenvalue weighted by molar-refractivity contribution is -0.144. The smallest absolute Gasteiger partial charge is 0.307 e. The monoisotopic (exact) mass is 681 g/mol. The molecule has 0 saturated carbocycles. The predicted molar refractivity (Wildman–Crippen MR) is 200 cm³/mol. The summed E-state index contributed by atoms with van der Waals surface area (Å²) in [6, 6.07) is 32.6. The van der Waals surface area contributed by atoms with E-state index >= 15 is 0 Å². The molecule has 7 nitrogen and oxygen atoms in total. The minimum atomic E-state index is -2.09. The van der Waals surface area contributed by atoms with Gasteiger partial charge in [0.1, 0.15) is 0 Å². The Morgan fingerprint density at radius 2 is 1.39 bits per heavy atom. The van der Waals surface area contributed by atoms with Crippen molar-refractivity contribution in [1.29, 1.82) is 0 Å². The fourth-order valence-corrected chi connectivity index (χ4v) is 8.28. The Bertz CT molecular complexity index is 1460. The highest BCUT2D eigenvalue weighted by molar-refractivity contribution is 6.74. The minimum Gasteiger partial charge on any atom is -0.466 e. The van der Waals surface area contributed by atoms with Gasteiger partial charge in [0.05, 0.1) is 31.2 Å². The number of amides is 1. The SMILES string of the molecule is CCOC(=O)CCN1CCN(C/C=C2\CN(C(c3ccccc3)(c3ccccc3)c3ccccc3)CCC2O[Si](C)(C)C(C)(C)C)C(=O)C1. The molecule has 49 heavy (non-hydrogen) atoms. The van der Waals surface area contributed by atoms with Crippen LogP contribution in [0.5, 0.6) is 0 Å². The first-order valence-electron chi connectivity index (χ1n) is 17.9. The van der Waals surface area contributed by atoms with E-state index in [-0.39, 0.29) is 23.0 Å². The predicted octanol–water partition coefficient (Wildman–Crippen LogP) is 7.10. The first kappa shape index (κ1) is 36.7. The summed E-state index contributed by atoms with van der Waals surface area (Å²) >= 11 is 0. The van der Waals surface area contributed by atoms with Crippen molar-refractivity contribution < 1.29 is 18.8 Å². The molecular formula is C41H55N3O4Si. The Morgan fingerprint density at radius 3 is 1.88 bits per heavy atom. The number of carbonyl (C=O) groups excluding carboxylic acids is 2. The number of hydrogen-bond donors (Lipinski definition) is 0.